The lowest BCUT2D eigenvalue weighted by molar-refractivity contribution is -0.118. The van der Waals surface area contributed by atoms with Gasteiger partial charge < -0.3 is 15.8 Å². The van der Waals surface area contributed by atoms with Gasteiger partial charge in [-0.1, -0.05) is 11.8 Å². The summed E-state index contributed by atoms with van der Waals surface area (Å²) in [7, 11) is 0. The first-order chi connectivity index (χ1) is 10.0. The van der Waals surface area contributed by atoms with E-state index in [9.17, 15) is 4.79 Å². The van der Waals surface area contributed by atoms with E-state index in [2.05, 4.69) is 10.3 Å². The molecule has 0 bridgehead atoms. The van der Waals surface area contributed by atoms with Crippen LogP contribution in [0, 0.1) is 13.8 Å². The molecule has 1 amide bonds. The van der Waals surface area contributed by atoms with Gasteiger partial charge in [0.15, 0.2) is 6.61 Å². The monoisotopic (exact) mass is 301 g/mol. The first kappa shape index (κ1) is 13.8. The third-order valence-electron chi connectivity index (χ3n) is 3.03. The van der Waals surface area contributed by atoms with Crippen molar-refractivity contribution in [3.8, 4) is 5.75 Å². The van der Waals surface area contributed by atoms with Crippen LogP contribution >= 0.6 is 11.8 Å². The molecule has 1 aliphatic heterocycles. The maximum Gasteiger partial charge on any atom is 0.262 e. The number of ether oxygens (including phenoxy) is 1. The summed E-state index contributed by atoms with van der Waals surface area (Å²) in [5.41, 5.74) is 9.43. The number of nitrogen functional groups attached to an aromatic ring is 1. The largest absolute Gasteiger partial charge is 0.482 e. The SMILES string of the molecule is Cc1cc(C)nc(Sc2cc3c(cc2N)OCC(=O)N3)c1. The molecule has 1 aromatic carbocycles. The topological polar surface area (TPSA) is 77.2 Å². The number of anilines is 2. The van der Waals surface area contributed by atoms with E-state index in [0.717, 1.165) is 21.2 Å². The van der Waals surface area contributed by atoms with Gasteiger partial charge in [-0.3, -0.25) is 4.79 Å². The van der Waals surface area contributed by atoms with Crippen molar-refractivity contribution >= 4 is 29.0 Å². The van der Waals surface area contributed by atoms with E-state index in [0.29, 0.717) is 17.1 Å². The summed E-state index contributed by atoms with van der Waals surface area (Å²) in [5, 5.41) is 3.66. The Bertz CT molecular complexity index is 711. The van der Waals surface area contributed by atoms with Crippen molar-refractivity contribution in [2.45, 2.75) is 23.8 Å². The fraction of sp³-hybridized carbons (Fsp3) is 0.200. The van der Waals surface area contributed by atoms with Gasteiger partial charge in [-0.15, -0.1) is 0 Å². The summed E-state index contributed by atoms with van der Waals surface area (Å²) in [6.45, 7) is 4.02. The maximum atomic E-state index is 11.4. The number of carbonyl (C=O) groups is 1. The van der Waals surface area contributed by atoms with Crippen molar-refractivity contribution in [1.82, 2.24) is 4.98 Å². The van der Waals surface area contributed by atoms with E-state index in [1.54, 1.807) is 6.07 Å². The number of nitrogens with zero attached hydrogens (tertiary/aromatic N) is 1. The molecule has 0 spiro atoms. The summed E-state index contributed by atoms with van der Waals surface area (Å²) in [6.07, 6.45) is 0. The molecule has 3 rings (SSSR count). The van der Waals surface area contributed by atoms with Crippen LogP contribution in [0.25, 0.3) is 0 Å². The minimum atomic E-state index is -0.159. The van der Waals surface area contributed by atoms with Gasteiger partial charge in [-0.2, -0.15) is 0 Å². The van der Waals surface area contributed by atoms with Crippen LogP contribution in [-0.4, -0.2) is 17.5 Å². The molecule has 6 heteroatoms. The minimum absolute atomic E-state index is 0.0254. The van der Waals surface area contributed by atoms with E-state index >= 15 is 0 Å². The van der Waals surface area contributed by atoms with E-state index < -0.39 is 0 Å². The van der Waals surface area contributed by atoms with Crippen LogP contribution < -0.4 is 15.8 Å². The molecule has 0 radical (unpaired) electrons. The van der Waals surface area contributed by atoms with Crippen LogP contribution in [0.5, 0.6) is 5.75 Å². The zero-order chi connectivity index (χ0) is 15.0. The second-order valence-electron chi connectivity index (χ2n) is 4.95. The van der Waals surface area contributed by atoms with Crippen molar-refractivity contribution in [3.05, 3.63) is 35.5 Å². The fourth-order valence-electron chi connectivity index (χ4n) is 2.18. The molecule has 1 aliphatic rings. The number of benzene rings is 1. The molecule has 0 saturated carbocycles. The number of hydrogen-bond acceptors (Lipinski definition) is 5. The summed E-state index contributed by atoms with van der Waals surface area (Å²) in [4.78, 5) is 16.7. The van der Waals surface area contributed by atoms with Gasteiger partial charge in [0, 0.05) is 22.3 Å². The molecule has 1 aromatic heterocycles. The average Bonchev–Trinajstić information content (AvgIpc) is 2.39. The Kier molecular flexibility index (Phi) is 3.47. The van der Waals surface area contributed by atoms with Crippen molar-refractivity contribution in [2.24, 2.45) is 0 Å². The molecular weight excluding hydrogens is 286 g/mol. The second kappa shape index (κ2) is 5.29. The third-order valence-corrected chi connectivity index (χ3v) is 4.03. The lowest BCUT2D eigenvalue weighted by Gasteiger charge is -2.19. The van der Waals surface area contributed by atoms with Gasteiger partial charge in [0.25, 0.3) is 5.91 Å². The lowest BCUT2D eigenvalue weighted by Crippen LogP contribution is -2.25. The third kappa shape index (κ3) is 2.95. The number of fused-ring (bicyclic) bond motifs is 1. The van der Waals surface area contributed by atoms with Crippen LogP contribution in [0.15, 0.2) is 34.2 Å². The van der Waals surface area contributed by atoms with Gasteiger partial charge >= 0.3 is 0 Å². The Morgan fingerprint density at radius 1 is 1.29 bits per heavy atom. The standard InChI is InChI=1S/C15H15N3O2S/c1-8-3-9(2)17-15(4-8)21-13-6-11-12(5-10(13)16)20-7-14(19)18-11/h3-6H,7,16H2,1-2H3,(H,18,19). The summed E-state index contributed by atoms with van der Waals surface area (Å²) < 4.78 is 5.34. The molecular formula is C15H15N3O2S. The van der Waals surface area contributed by atoms with Crippen LogP contribution in [0.2, 0.25) is 0 Å². The molecule has 0 atom stereocenters. The van der Waals surface area contributed by atoms with Crippen molar-refractivity contribution in [2.75, 3.05) is 17.7 Å². The number of amides is 1. The van der Waals surface area contributed by atoms with Gasteiger partial charge in [-0.05, 0) is 37.6 Å². The normalized spacial score (nSPS) is 13.3. The molecule has 21 heavy (non-hydrogen) atoms. The van der Waals surface area contributed by atoms with Crippen LogP contribution in [0.4, 0.5) is 11.4 Å². The van der Waals surface area contributed by atoms with Gasteiger partial charge in [-0.25, -0.2) is 4.98 Å². The Morgan fingerprint density at radius 2 is 2.10 bits per heavy atom. The van der Waals surface area contributed by atoms with Crippen LogP contribution in [-0.2, 0) is 4.79 Å². The molecule has 2 aromatic rings. The van der Waals surface area contributed by atoms with E-state index in [4.69, 9.17) is 10.5 Å². The smallest absolute Gasteiger partial charge is 0.262 e. The molecule has 2 heterocycles. The zero-order valence-corrected chi connectivity index (χ0v) is 12.6. The highest BCUT2D eigenvalue weighted by atomic mass is 32.2. The van der Waals surface area contributed by atoms with E-state index in [1.807, 2.05) is 32.0 Å². The molecule has 0 unspecified atom stereocenters. The number of carbonyl (C=O) groups excluding carboxylic acids is 1. The highest BCUT2D eigenvalue weighted by Crippen LogP contribution is 2.39. The molecule has 0 aliphatic carbocycles. The first-order valence-electron chi connectivity index (χ1n) is 6.50. The number of aromatic nitrogens is 1. The second-order valence-corrected chi connectivity index (χ2v) is 6.01. The van der Waals surface area contributed by atoms with E-state index in [1.165, 1.54) is 11.8 Å². The predicted molar refractivity (Wildman–Crippen MR) is 82.8 cm³/mol. The molecule has 0 saturated heterocycles. The van der Waals surface area contributed by atoms with Crippen LogP contribution in [0.3, 0.4) is 0 Å². The van der Waals surface area contributed by atoms with Crippen LogP contribution in [0.1, 0.15) is 11.3 Å². The number of pyridine rings is 1. The Balaban J connectivity index is 1.95. The number of aryl methyl sites for hydroxylation is 2. The number of hydrogen-bond donors (Lipinski definition) is 2. The summed E-state index contributed by atoms with van der Waals surface area (Å²) >= 11 is 1.47. The minimum Gasteiger partial charge on any atom is -0.482 e. The van der Waals surface area contributed by atoms with Gasteiger partial charge in [0.1, 0.15) is 10.8 Å². The molecule has 108 valence electrons. The van der Waals surface area contributed by atoms with Crippen molar-refractivity contribution < 1.29 is 9.53 Å². The number of nitrogens with two attached hydrogens (primary N) is 1. The Morgan fingerprint density at radius 3 is 2.86 bits per heavy atom. The number of rotatable bonds is 2. The van der Waals surface area contributed by atoms with E-state index in [-0.39, 0.29) is 12.5 Å². The van der Waals surface area contributed by atoms with Crippen molar-refractivity contribution in [3.63, 3.8) is 0 Å². The van der Waals surface area contributed by atoms with Crippen molar-refractivity contribution in [1.29, 1.82) is 0 Å². The highest BCUT2D eigenvalue weighted by molar-refractivity contribution is 7.99. The first-order valence-corrected chi connectivity index (χ1v) is 7.32. The highest BCUT2D eigenvalue weighted by Gasteiger charge is 2.18. The summed E-state index contributed by atoms with van der Waals surface area (Å²) in [6, 6.07) is 7.59. The van der Waals surface area contributed by atoms with Gasteiger partial charge in [0.05, 0.1) is 5.69 Å². The molecule has 0 fully saturated rings. The maximum absolute atomic E-state index is 11.4. The zero-order valence-electron chi connectivity index (χ0n) is 11.8. The quantitative estimate of drug-likeness (QED) is 0.834. The Hall–Kier alpha value is -2.21. The molecule has 5 nitrogen and oxygen atoms in total. The number of nitrogens with one attached hydrogen (secondary N) is 1. The lowest BCUT2D eigenvalue weighted by atomic mass is 10.2. The summed E-state index contributed by atoms with van der Waals surface area (Å²) in [5.74, 6) is 0.442. The predicted octanol–water partition coefficient (Wildman–Crippen LogP) is 2.76. The van der Waals surface area contributed by atoms with Gasteiger partial charge in [0.2, 0.25) is 0 Å². The Labute approximate surface area is 126 Å². The average molecular weight is 301 g/mol. The molecule has 3 N–H and O–H groups in total. The fourth-order valence-corrected chi connectivity index (χ4v) is 3.19.